The molecule has 0 atom stereocenters. The molecule has 0 saturated heterocycles. The number of carbonyl (C=O) groups excluding carboxylic acids is 1. The quantitative estimate of drug-likeness (QED) is 0.253. The van der Waals surface area contributed by atoms with E-state index < -0.39 is 34.4 Å². The minimum Gasteiger partial charge on any atom is -0.352 e. The molecule has 8 N–H and O–H groups in total. The molecule has 0 aliphatic heterocycles. The molecular formula is C3H14As2N2O7. The SMILES string of the molecule is C[As](=O)(O)O.C[As](=O)(O)O.NC(N)=O. The van der Waals surface area contributed by atoms with E-state index in [1.165, 1.54) is 0 Å². The fourth-order valence-corrected chi connectivity index (χ4v) is 0. The summed E-state index contributed by atoms with van der Waals surface area (Å²) in [5.74, 6) is 0. The number of rotatable bonds is 0. The summed E-state index contributed by atoms with van der Waals surface area (Å²) in [6.07, 6.45) is 0. The Morgan fingerprint density at radius 1 is 0.929 bits per heavy atom. The Hall–Kier alpha value is -0.173. The van der Waals surface area contributed by atoms with Crippen molar-refractivity contribution in [1.82, 2.24) is 0 Å². The third kappa shape index (κ3) is 46300. The van der Waals surface area contributed by atoms with E-state index in [4.69, 9.17) is 21.2 Å². The summed E-state index contributed by atoms with van der Waals surface area (Å²) in [5.41, 5.74) is 10.3. The van der Waals surface area contributed by atoms with Gasteiger partial charge in [-0.25, -0.2) is 4.79 Å². The van der Waals surface area contributed by atoms with Gasteiger partial charge in [0, 0.05) is 0 Å². The van der Waals surface area contributed by atoms with Crippen molar-refractivity contribution in [1.29, 1.82) is 0 Å². The molecule has 0 aromatic carbocycles. The molecule has 14 heavy (non-hydrogen) atoms. The Morgan fingerprint density at radius 3 is 0.929 bits per heavy atom. The molecule has 0 rings (SSSR count). The van der Waals surface area contributed by atoms with E-state index in [1.807, 2.05) is 0 Å². The molecule has 0 bridgehead atoms. The third-order valence-corrected chi connectivity index (χ3v) is 0. The van der Waals surface area contributed by atoms with Crippen molar-refractivity contribution in [3.05, 3.63) is 0 Å². The molecule has 88 valence electrons. The van der Waals surface area contributed by atoms with Crippen LogP contribution in [-0.4, -0.2) is 50.8 Å². The van der Waals surface area contributed by atoms with Crippen LogP contribution in [0.1, 0.15) is 0 Å². The molecule has 0 aliphatic carbocycles. The summed E-state index contributed by atoms with van der Waals surface area (Å²) in [5, 5.41) is 0. The zero-order valence-electron chi connectivity index (χ0n) is 7.56. The minimum atomic E-state index is -4.12. The van der Waals surface area contributed by atoms with Crippen molar-refractivity contribution in [2.75, 3.05) is 0 Å². The van der Waals surface area contributed by atoms with Crippen molar-refractivity contribution >= 4 is 34.4 Å². The van der Waals surface area contributed by atoms with Gasteiger partial charge in [-0.1, -0.05) is 0 Å². The maximum atomic E-state index is 9.39. The summed E-state index contributed by atoms with van der Waals surface area (Å²) in [6, 6.07) is -0.833. The Kier molecular flexibility index (Phi) is 11.3. The van der Waals surface area contributed by atoms with Gasteiger partial charge in [-0.15, -0.1) is 0 Å². The predicted molar refractivity (Wildman–Crippen MR) is 47.3 cm³/mol. The van der Waals surface area contributed by atoms with Gasteiger partial charge in [0.1, 0.15) is 0 Å². The number of hydrogen-bond acceptors (Lipinski definition) is 3. The molecule has 2 amide bonds. The van der Waals surface area contributed by atoms with E-state index >= 15 is 0 Å². The number of nitrogens with two attached hydrogens (primary N) is 2. The normalized spacial score (nSPS) is 10.1. The van der Waals surface area contributed by atoms with Crippen LogP contribution in [0.4, 0.5) is 4.79 Å². The standard InChI is InChI=1S/2CH5AsO3.CH4N2O/c2*1-2(3,4)5;2-1(3)4/h2*1H3,(H2,3,4,5);(H4,2,3,4). The van der Waals surface area contributed by atoms with E-state index in [0.717, 1.165) is 11.4 Å². The number of hydrogen-bond donors (Lipinski definition) is 6. The molecule has 11 heteroatoms. The number of primary amides is 2. The summed E-state index contributed by atoms with van der Waals surface area (Å²) in [4.78, 5) is 9.00. The van der Waals surface area contributed by atoms with Crippen LogP contribution in [0.2, 0.25) is 11.4 Å². The molecule has 0 saturated carbocycles. The van der Waals surface area contributed by atoms with Gasteiger partial charge in [0.2, 0.25) is 0 Å². The van der Waals surface area contributed by atoms with Gasteiger partial charge in [0.15, 0.2) is 0 Å². The van der Waals surface area contributed by atoms with E-state index in [9.17, 15) is 7.48 Å². The number of carbonyl (C=O) groups is 1. The van der Waals surface area contributed by atoms with Gasteiger partial charge < -0.3 is 11.5 Å². The summed E-state index contributed by atoms with van der Waals surface area (Å²) < 4.78 is 49.5. The van der Waals surface area contributed by atoms with Crippen LogP contribution in [0.5, 0.6) is 0 Å². The first-order valence-corrected chi connectivity index (χ1v) is 11.5. The minimum absolute atomic E-state index is 0.833. The largest absolute Gasteiger partial charge is 0.352 e. The molecule has 0 radical (unpaired) electrons. The van der Waals surface area contributed by atoms with Crippen molar-refractivity contribution in [2.24, 2.45) is 11.5 Å². The zero-order valence-corrected chi connectivity index (χ0v) is 11.3. The van der Waals surface area contributed by atoms with Crippen LogP contribution >= 0.6 is 0 Å². The van der Waals surface area contributed by atoms with Gasteiger partial charge in [-0.3, -0.25) is 0 Å². The molecule has 0 unspecified atom stereocenters. The Balaban J connectivity index is -0.000000131. The molecule has 0 spiro atoms. The monoisotopic (exact) mass is 340 g/mol. The van der Waals surface area contributed by atoms with Gasteiger partial charge in [-0.2, -0.15) is 0 Å². The molecular weight excluding hydrogens is 326 g/mol. The first-order valence-electron chi connectivity index (χ1n) is 2.84. The fraction of sp³-hybridized carbons (Fsp3) is 0.667. The smallest absolute Gasteiger partial charge is 0.309 e. The van der Waals surface area contributed by atoms with Gasteiger partial charge in [0.05, 0.1) is 0 Å². The fourth-order valence-electron chi connectivity index (χ4n) is 0. The first kappa shape index (κ1) is 19.4. The second-order valence-electron chi connectivity index (χ2n) is 2.07. The van der Waals surface area contributed by atoms with Crippen molar-refractivity contribution < 1.29 is 28.7 Å². The van der Waals surface area contributed by atoms with Gasteiger partial charge in [-0.05, 0) is 0 Å². The molecule has 0 fully saturated rings. The predicted octanol–water partition coefficient (Wildman–Crippen LogP) is -3.04. The first-order chi connectivity index (χ1) is 5.73. The summed E-state index contributed by atoms with van der Waals surface area (Å²) in [7, 11) is 0. The van der Waals surface area contributed by atoms with Crippen LogP contribution < -0.4 is 11.5 Å². The average molecular weight is 340 g/mol. The molecule has 0 aliphatic rings. The molecule has 9 nitrogen and oxygen atoms in total. The van der Waals surface area contributed by atoms with E-state index in [1.54, 1.807) is 0 Å². The van der Waals surface area contributed by atoms with Crippen LogP contribution in [0.3, 0.4) is 0 Å². The van der Waals surface area contributed by atoms with E-state index in [2.05, 4.69) is 11.5 Å². The molecule has 0 aromatic rings. The van der Waals surface area contributed by atoms with Crippen molar-refractivity contribution in [2.45, 2.75) is 11.4 Å². The second-order valence-corrected chi connectivity index (χ2v) is 9.08. The van der Waals surface area contributed by atoms with E-state index in [0.29, 0.717) is 0 Å². The van der Waals surface area contributed by atoms with Crippen molar-refractivity contribution in [3.63, 3.8) is 0 Å². The Labute approximate surface area is 86.1 Å². The van der Waals surface area contributed by atoms with Crippen LogP contribution in [-0.2, 0) is 7.48 Å². The third-order valence-electron chi connectivity index (χ3n) is 0. The Bertz CT molecular complexity index is 201. The Morgan fingerprint density at radius 2 is 0.929 bits per heavy atom. The number of urea groups is 1. The van der Waals surface area contributed by atoms with Crippen molar-refractivity contribution in [3.8, 4) is 0 Å². The zero-order chi connectivity index (χ0) is 12.6. The topological polar surface area (TPSA) is 184 Å². The second kappa shape index (κ2) is 8.16. The molecule has 0 heterocycles. The van der Waals surface area contributed by atoms with Crippen LogP contribution in [0.25, 0.3) is 0 Å². The van der Waals surface area contributed by atoms with E-state index in [-0.39, 0.29) is 0 Å². The van der Waals surface area contributed by atoms with Gasteiger partial charge >= 0.3 is 69.7 Å². The van der Waals surface area contributed by atoms with Crippen LogP contribution in [0, 0.1) is 0 Å². The average Bonchev–Trinajstić information content (AvgIpc) is 1.45. The summed E-state index contributed by atoms with van der Waals surface area (Å²) >= 11 is -8.25. The number of amides is 2. The van der Waals surface area contributed by atoms with Crippen LogP contribution in [0.15, 0.2) is 0 Å². The maximum Gasteiger partial charge on any atom is 0.309 e. The summed E-state index contributed by atoms with van der Waals surface area (Å²) in [6.45, 7) is 0. The maximum absolute atomic E-state index is 9.39. The molecule has 0 aromatic heterocycles. The van der Waals surface area contributed by atoms with Gasteiger partial charge in [0.25, 0.3) is 0 Å².